The molecule has 3 aromatic rings. The van der Waals surface area contributed by atoms with E-state index in [1.54, 1.807) is 6.92 Å². The van der Waals surface area contributed by atoms with Crippen LogP contribution in [-0.2, 0) is 0 Å². The summed E-state index contributed by atoms with van der Waals surface area (Å²) in [4.78, 5) is 0.0577. The summed E-state index contributed by atoms with van der Waals surface area (Å²) in [6, 6.07) is 18.0. The van der Waals surface area contributed by atoms with Gasteiger partial charge in [0, 0.05) is 0 Å². The maximum absolute atomic E-state index is 13.5. The first kappa shape index (κ1) is 14.3. The fourth-order valence-electron chi connectivity index (χ4n) is 2.70. The molecule has 0 fully saturated rings. The minimum Gasteiger partial charge on any atom is -0.207 e. The quantitative estimate of drug-likeness (QED) is 0.495. The van der Waals surface area contributed by atoms with Crippen LogP contribution in [0.1, 0.15) is 27.1 Å². The zero-order chi connectivity index (χ0) is 15.0. The topological polar surface area (TPSA) is 0 Å². The zero-order valence-electron chi connectivity index (χ0n) is 12.0. The molecule has 0 saturated heterocycles. The van der Waals surface area contributed by atoms with Gasteiger partial charge < -0.3 is 0 Å². The third kappa shape index (κ3) is 2.60. The van der Waals surface area contributed by atoms with Crippen molar-refractivity contribution >= 4 is 26.7 Å². The molecular weight excluding hydrogens is 327 g/mol. The lowest BCUT2D eigenvalue weighted by atomic mass is 9.95. The molecule has 0 aliphatic rings. The predicted octanol–water partition coefficient (Wildman–Crippen LogP) is 6.08. The molecule has 0 aromatic heterocycles. The van der Waals surface area contributed by atoms with Crippen molar-refractivity contribution in [1.29, 1.82) is 0 Å². The van der Waals surface area contributed by atoms with Crippen LogP contribution in [0.25, 0.3) is 10.8 Å². The second kappa shape index (κ2) is 5.61. The minimum absolute atomic E-state index is 0.0577. The Morgan fingerprint density at radius 1 is 0.857 bits per heavy atom. The molecule has 0 radical (unpaired) electrons. The van der Waals surface area contributed by atoms with Crippen molar-refractivity contribution in [1.82, 2.24) is 0 Å². The van der Waals surface area contributed by atoms with E-state index in [2.05, 4.69) is 59.3 Å². The molecule has 3 rings (SSSR count). The molecule has 0 amide bonds. The minimum atomic E-state index is -0.160. The van der Waals surface area contributed by atoms with E-state index < -0.39 is 0 Å². The van der Waals surface area contributed by atoms with Crippen molar-refractivity contribution in [2.75, 3.05) is 0 Å². The van der Waals surface area contributed by atoms with Gasteiger partial charge in [0.15, 0.2) is 0 Å². The fraction of sp³-hybridized carbons (Fsp3) is 0.158. The molecule has 2 heteroatoms. The van der Waals surface area contributed by atoms with E-state index in [1.165, 1.54) is 28.0 Å². The number of benzene rings is 3. The normalized spacial score (nSPS) is 12.6. The summed E-state index contributed by atoms with van der Waals surface area (Å²) in [5, 5.41) is 2.50. The Bertz CT molecular complexity index is 808. The Kier molecular flexibility index (Phi) is 3.81. The molecule has 3 aromatic carbocycles. The number of hydrogen-bond donors (Lipinski definition) is 0. The highest BCUT2D eigenvalue weighted by atomic mass is 79.9. The Hall–Kier alpha value is -1.67. The van der Waals surface area contributed by atoms with E-state index in [1.807, 2.05) is 12.1 Å². The zero-order valence-corrected chi connectivity index (χ0v) is 13.6. The van der Waals surface area contributed by atoms with E-state index in [0.29, 0.717) is 5.56 Å². The highest BCUT2D eigenvalue weighted by Gasteiger charge is 2.15. The van der Waals surface area contributed by atoms with E-state index in [4.69, 9.17) is 0 Å². The highest BCUT2D eigenvalue weighted by Crippen LogP contribution is 2.36. The van der Waals surface area contributed by atoms with Gasteiger partial charge in [0.25, 0.3) is 0 Å². The van der Waals surface area contributed by atoms with Crippen LogP contribution in [0, 0.1) is 19.7 Å². The van der Waals surface area contributed by atoms with Gasteiger partial charge in [0.2, 0.25) is 0 Å². The van der Waals surface area contributed by atoms with Crippen molar-refractivity contribution in [3.63, 3.8) is 0 Å². The summed E-state index contributed by atoms with van der Waals surface area (Å²) in [5.41, 5.74) is 4.22. The maximum atomic E-state index is 13.5. The number of halogens is 2. The molecule has 0 saturated carbocycles. The molecule has 1 atom stereocenters. The van der Waals surface area contributed by atoms with Crippen LogP contribution >= 0.6 is 15.9 Å². The average Bonchev–Trinajstić information content (AvgIpc) is 2.50. The standard InChI is InChI=1S/C19H16BrF/c1-12-7-9-17(16-6-4-3-5-15(12)16)19(20)14-8-10-18(21)13(2)11-14/h3-11,19H,1-2H3. The molecular formula is C19H16BrF. The van der Waals surface area contributed by atoms with Gasteiger partial charge in [0.1, 0.15) is 5.82 Å². The lowest BCUT2D eigenvalue weighted by Crippen LogP contribution is -1.96. The first-order chi connectivity index (χ1) is 10.1. The van der Waals surface area contributed by atoms with Crippen LogP contribution < -0.4 is 0 Å². The summed E-state index contributed by atoms with van der Waals surface area (Å²) in [6.45, 7) is 3.92. The Morgan fingerprint density at radius 3 is 2.29 bits per heavy atom. The molecule has 0 N–H and O–H groups in total. The number of alkyl halides is 1. The lowest BCUT2D eigenvalue weighted by Gasteiger charge is -2.16. The van der Waals surface area contributed by atoms with Gasteiger partial charge in [0.05, 0.1) is 4.83 Å². The maximum Gasteiger partial charge on any atom is 0.126 e. The van der Waals surface area contributed by atoms with Crippen molar-refractivity contribution < 1.29 is 4.39 Å². The number of aryl methyl sites for hydroxylation is 2. The monoisotopic (exact) mass is 342 g/mol. The van der Waals surface area contributed by atoms with Crippen LogP contribution in [0.4, 0.5) is 4.39 Å². The fourth-order valence-corrected chi connectivity index (χ4v) is 3.38. The van der Waals surface area contributed by atoms with Crippen LogP contribution in [-0.4, -0.2) is 0 Å². The predicted molar refractivity (Wildman–Crippen MR) is 90.6 cm³/mol. The van der Waals surface area contributed by atoms with Gasteiger partial charge in [-0.1, -0.05) is 64.5 Å². The van der Waals surface area contributed by atoms with Gasteiger partial charge in [-0.15, -0.1) is 0 Å². The molecule has 21 heavy (non-hydrogen) atoms. The van der Waals surface area contributed by atoms with E-state index in [0.717, 1.165) is 5.56 Å². The third-order valence-corrected chi connectivity index (χ3v) is 4.95. The molecule has 0 aliphatic heterocycles. The molecule has 0 nitrogen and oxygen atoms in total. The summed E-state index contributed by atoms with van der Waals surface area (Å²) in [5.74, 6) is -0.160. The summed E-state index contributed by atoms with van der Waals surface area (Å²) >= 11 is 3.78. The van der Waals surface area contributed by atoms with Gasteiger partial charge in [-0.05, 0) is 52.9 Å². The van der Waals surface area contributed by atoms with Crippen molar-refractivity contribution in [2.24, 2.45) is 0 Å². The summed E-state index contributed by atoms with van der Waals surface area (Å²) in [7, 11) is 0. The van der Waals surface area contributed by atoms with Crippen LogP contribution in [0.15, 0.2) is 54.6 Å². The second-order valence-electron chi connectivity index (χ2n) is 5.39. The average molecular weight is 343 g/mol. The molecule has 0 spiro atoms. The first-order valence-corrected chi connectivity index (χ1v) is 7.88. The summed E-state index contributed by atoms with van der Waals surface area (Å²) in [6.07, 6.45) is 0. The first-order valence-electron chi connectivity index (χ1n) is 6.96. The lowest BCUT2D eigenvalue weighted by molar-refractivity contribution is 0.618. The smallest absolute Gasteiger partial charge is 0.126 e. The molecule has 1 unspecified atom stereocenters. The van der Waals surface area contributed by atoms with Crippen molar-refractivity contribution in [3.8, 4) is 0 Å². The molecule has 0 bridgehead atoms. The van der Waals surface area contributed by atoms with E-state index in [-0.39, 0.29) is 10.6 Å². The van der Waals surface area contributed by atoms with E-state index >= 15 is 0 Å². The van der Waals surface area contributed by atoms with Gasteiger partial charge >= 0.3 is 0 Å². The number of rotatable bonds is 2. The SMILES string of the molecule is Cc1cc(C(Br)c2ccc(C)c3ccccc23)ccc1F. The number of hydrogen-bond acceptors (Lipinski definition) is 0. The summed E-state index contributed by atoms with van der Waals surface area (Å²) < 4.78 is 13.5. The van der Waals surface area contributed by atoms with Crippen LogP contribution in [0.3, 0.4) is 0 Å². The Morgan fingerprint density at radius 2 is 1.57 bits per heavy atom. The largest absolute Gasteiger partial charge is 0.207 e. The van der Waals surface area contributed by atoms with Crippen LogP contribution in [0.5, 0.6) is 0 Å². The third-order valence-electron chi connectivity index (χ3n) is 3.92. The van der Waals surface area contributed by atoms with Gasteiger partial charge in [-0.3, -0.25) is 0 Å². The Labute approximate surface area is 132 Å². The van der Waals surface area contributed by atoms with Crippen molar-refractivity contribution in [2.45, 2.75) is 18.7 Å². The number of fused-ring (bicyclic) bond motifs is 1. The van der Waals surface area contributed by atoms with Gasteiger partial charge in [-0.25, -0.2) is 4.39 Å². The highest BCUT2D eigenvalue weighted by molar-refractivity contribution is 9.09. The Balaban J connectivity index is 2.15. The van der Waals surface area contributed by atoms with E-state index in [9.17, 15) is 4.39 Å². The van der Waals surface area contributed by atoms with Crippen molar-refractivity contribution in [3.05, 3.63) is 82.7 Å². The molecule has 106 valence electrons. The van der Waals surface area contributed by atoms with Crippen LogP contribution in [0.2, 0.25) is 0 Å². The second-order valence-corrected chi connectivity index (χ2v) is 6.30. The van der Waals surface area contributed by atoms with Gasteiger partial charge in [-0.2, -0.15) is 0 Å². The molecule has 0 aliphatic carbocycles. The molecule has 0 heterocycles.